The summed E-state index contributed by atoms with van der Waals surface area (Å²) in [5.41, 5.74) is 0. The monoisotopic (exact) mass is 267 g/mol. The molecule has 0 aromatic rings. The molecule has 0 unspecified atom stereocenters. The molecule has 3 heterocycles. The summed E-state index contributed by atoms with van der Waals surface area (Å²) in [6.45, 7) is 4.63. The van der Waals surface area contributed by atoms with Gasteiger partial charge in [0.05, 0.1) is 19.3 Å². The van der Waals surface area contributed by atoms with Gasteiger partial charge in [0.25, 0.3) is 0 Å². The van der Waals surface area contributed by atoms with E-state index in [9.17, 15) is 4.79 Å². The van der Waals surface area contributed by atoms with E-state index in [1.54, 1.807) is 0 Å². The Kier molecular flexibility index (Phi) is 3.93. The molecule has 0 radical (unpaired) electrons. The van der Waals surface area contributed by atoms with Crippen molar-refractivity contribution in [2.24, 2.45) is 5.92 Å². The lowest BCUT2D eigenvalue weighted by Crippen LogP contribution is -2.55. The lowest BCUT2D eigenvalue weighted by Gasteiger charge is -2.38. The smallest absolute Gasteiger partial charge is 0.318 e. The Morgan fingerprint density at radius 1 is 1.16 bits per heavy atom. The summed E-state index contributed by atoms with van der Waals surface area (Å²) in [5.74, 6) is 0.696. The number of urea groups is 1. The van der Waals surface area contributed by atoms with E-state index in [0.29, 0.717) is 25.2 Å². The second-order valence-corrected chi connectivity index (χ2v) is 6.23. The normalized spacial score (nSPS) is 30.4. The summed E-state index contributed by atoms with van der Waals surface area (Å²) in [4.78, 5) is 16.8. The van der Waals surface area contributed by atoms with Crippen LogP contribution in [-0.2, 0) is 4.74 Å². The van der Waals surface area contributed by atoms with Crippen LogP contribution in [0.1, 0.15) is 25.7 Å². The maximum Gasteiger partial charge on any atom is 0.318 e. The van der Waals surface area contributed by atoms with Gasteiger partial charge in [-0.2, -0.15) is 0 Å². The number of hydrogen-bond acceptors (Lipinski definition) is 3. The molecule has 0 aromatic carbocycles. The highest BCUT2D eigenvalue weighted by Crippen LogP contribution is 2.30. The van der Waals surface area contributed by atoms with Gasteiger partial charge < -0.3 is 19.9 Å². The standard InChI is InChI=1S/C14H25N3O2/c1-16-7-4-11(5-8-16)13-3-2-6-17(13)14(18)15-12-9-19-10-12/h11-13H,2-10H2,1H3,(H,15,18)/t13-/m0/s1. The van der Waals surface area contributed by atoms with Crippen LogP contribution in [-0.4, -0.2) is 67.8 Å². The van der Waals surface area contributed by atoms with Crippen LogP contribution in [0.25, 0.3) is 0 Å². The van der Waals surface area contributed by atoms with Gasteiger partial charge in [-0.3, -0.25) is 0 Å². The fraction of sp³-hybridized carbons (Fsp3) is 0.929. The number of ether oxygens (including phenoxy) is 1. The van der Waals surface area contributed by atoms with Crippen molar-refractivity contribution in [2.75, 3.05) is 39.9 Å². The van der Waals surface area contributed by atoms with Crippen molar-refractivity contribution in [1.29, 1.82) is 0 Å². The van der Waals surface area contributed by atoms with Crippen LogP contribution in [0.3, 0.4) is 0 Å². The molecular weight excluding hydrogens is 242 g/mol. The fourth-order valence-corrected chi connectivity index (χ4v) is 3.52. The molecule has 3 fully saturated rings. The Hall–Kier alpha value is -0.810. The first-order valence-electron chi connectivity index (χ1n) is 7.57. The first-order valence-corrected chi connectivity index (χ1v) is 7.57. The molecule has 0 bridgehead atoms. The molecule has 3 aliphatic rings. The Morgan fingerprint density at radius 3 is 2.53 bits per heavy atom. The maximum absolute atomic E-state index is 12.3. The molecule has 3 rings (SSSR count). The van der Waals surface area contributed by atoms with Crippen LogP contribution in [0, 0.1) is 5.92 Å². The van der Waals surface area contributed by atoms with Gasteiger partial charge in [-0.1, -0.05) is 0 Å². The summed E-state index contributed by atoms with van der Waals surface area (Å²) < 4.78 is 5.11. The number of nitrogens with one attached hydrogen (secondary N) is 1. The summed E-state index contributed by atoms with van der Waals surface area (Å²) in [6, 6.07) is 0.843. The van der Waals surface area contributed by atoms with Crippen molar-refractivity contribution in [3.63, 3.8) is 0 Å². The number of likely N-dealkylation sites (tertiary alicyclic amines) is 2. The zero-order valence-corrected chi connectivity index (χ0v) is 11.8. The molecule has 19 heavy (non-hydrogen) atoms. The lowest BCUT2D eigenvalue weighted by molar-refractivity contribution is -0.00291. The van der Waals surface area contributed by atoms with Crippen LogP contribution >= 0.6 is 0 Å². The first kappa shape index (κ1) is 13.2. The average molecular weight is 267 g/mol. The number of amides is 2. The van der Waals surface area contributed by atoms with E-state index in [1.807, 2.05) is 0 Å². The topological polar surface area (TPSA) is 44.8 Å². The number of hydrogen-bond donors (Lipinski definition) is 1. The van der Waals surface area contributed by atoms with E-state index in [1.165, 1.54) is 32.4 Å². The van der Waals surface area contributed by atoms with Crippen LogP contribution in [0.15, 0.2) is 0 Å². The Morgan fingerprint density at radius 2 is 1.89 bits per heavy atom. The van der Waals surface area contributed by atoms with E-state index >= 15 is 0 Å². The highest BCUT2D eigenvalue weighted by atomic mass is 16.5. The molecule has 0 aliphatic carbocycles. The van der Waals surface area contributed by atoms with Gasteiger partial charge in [-0.15, -0.1) is 0 Å². The van der Waals surface area contributed by atoms with E-state index in [0.717, 1.165) is 13.0 Å². The molecule has 3 saturated heterocycles. The number of carbonyl (C=O) groups is 1. The van der Waals surface area contributed by atoms with Crippen molar-refractivity contribution in [2.45, 2.75) is 37.8 Å². The number of carbonyl (C=O) groups excluding carboxylic acids is 1. The van der Waals surface area contributed by atoms with Gasteiger partial charge in [0, 0.05) is 12.6 Å². The fourth-order valence-electron chi connectivity index (χ4n) is 3.52. The summed E-state index contributed by atoms with van der Waals surface area (Å²) in [5, 5.41) is 3.09. The van der Waals surface area contributed by atoms with Crippen LogP contribution in [0.5, 0.6) is 0 Å². The summed E-state index contributed by atoms with van der Waals surface area (Å²) >= 11 is 0. The second kappa shape index (κ2) is 5.67. The third-order valence-corrected chi connectivity index (χ3v) is 4.83. The molecule has 5 heteroatoms. The molecule has 3 aliphatic heterocycles. The van der Waals surface area contributed by atoms with Gasteiger partial charge in [-0.05, 0) is 51.7 Å². The van der Waals surface area contributed by atoms with Crippen molar-refractivity contribution >= 4 is 6.03 Å². The van der Waals surface area contributed by atoms with Gasteiger partial charge in [0.15, 0.2) is 0 Å². The Labute approximate surface area is 115 Å². The van der Waals surface area contributed by atoms with Crippen LogP contribution < -0.4 is 5.32 Å². The number of piperidine rings is 1. The molecule has 2 amide bonds. The van der Waals surface area contributed by atoms with E-state index in [4.69, 9.17) is 4.74 Å². The average Bonchev–Trinajstić information content (AvgIpc) is 2.84. The van der Waals surface area contributed by atoms with Crippen LogP contribution in [0.4, 0.5) is 4.79 Å². The van der Waals surface area contributed by atoms with Crippen molar-refractivity contribution in [3.05, 3.63) is 0 Å². The largest absolute Gasteiger partial charge is 0.377 e. The summed E-state index contributed by atoms with van der Waals surface area (Å²) in [7, 11) is 2.19. The highest BCUT2D eigenvalue weighted by molar-refractivity contribution is 5.75. The van der Waals surface area contributed by atoms with Gasteiger partial charge in [0.1, 0.15) is 0 Å². The molecular formula is C14H25N3O2. The third-order valence-electron chi connectivity index (χ3n) is 4.83. The zero-order valence-electron chi connectivity index (χ0n) is 11.8. The van der Waals surface area contributed by atoms with Crippen LogP contribution in [0.2, 0.25) is 0 Å². The minimum Gasteiger partial charge on any atom is -0.377 e. The quantitative estimate of drug-likeness (QED) is 0.808. The molecule has 0 saturated carbocycles. The highest BCUT2D eigenvalue weighted by Gasteiger charge is 2.36. The Balaban J connectivity index is 1.56. The summed E-state index contributed by atoms with van der Waals surface area (Å²) in [6.07, 6.45) is 4.81. The first-order chi connectivity index (χ1) is 9.24. The van der Waals surface area contributed by atoms with Gasteiger partial charge >= 0.3 is 6.03 Å². The molecule has 1 atom stereocenters. The third kappa shape index (κ3) is 2.87. The minimum atomic E-state index is 0.134. The predicted octanol–water partition coefficient (Wildman–Crippen LogP) is 0.901. The second-order valence-electron chi connectivity index (χ2n) is 6.23. The number of rotatable bonds is 2. The Bertz CT molecular complexity index is 325. The van der Waals surface area contributed by atoms with Crippen molar-refractivity contribution in [3.8, 4) is 0 Å². The van der Waals surface area contributed by atoms with E-state index in [-0.39, 0.29) is 12.1 Å². The van der Waals surface area contributed by atoms with E-state index < -0.39 is 0 Å². The van der Waals surface area contributed by atoms with Crippen molar-refractivity contribution in [1.82, 2.24) is 15.1 Å². The SMILES string of the molecule is CN1CCC([C@@H]2CCCN2C(=O)NC2COC2)CC1. The van der Waals surface area contributed by atoms with Gasteiger partial charge in [-0.25, -0.2) is 4.79 Å². The predicted molar refractivity (Wildman–Crippen MR) is 73.1 cm³/mol. The molecule has 0 aromatic heterocycles. The maximum atomic E-state index is 12.3. The minimum absolute atomic E-state index is 0.134. The lowest BCUT2D eigenvalue weighted by atomic mass is 9.88. The molecule has 108 valence electrons. The van der Waals surface area contributed by atoms with E-state index in [2.05, 4.69) is 22.2 Å². The molecule has 1 N–H and O–H groups in total. The molecule has 5 nitrogen and oxygen atoms in total. The van der Waals surface area contributed by atoms with Crippen molar-refractivity contribution < 1.29 is 9.53 Å². The van der Waals surface area contributed by atoms with Gasteiger partial charge in [0.2, 0.25) is 0 Å². The number of nitrogens with zero attached hydrogens (tertiary/aromatic N) is 2. The molecule has 0 spiro atoms. The zero-order chi connectivity index (χ0) is 13.2.